The maximum atomic E-state index is 10.9. The molecular weight excluding hydrogens is 326 g/mol. The van der Waals surface area contributed by atoms with Crippen molar-refractivity contribution in [3.8, 4) is 0 Å². The maximum absolute atomic E-state index is 10.9. The van der Waals surface area contributed by atoms with Crippen molar-refractivity contribution in [2.45, 2.75) is 41.5 Å². The molecule has 3 heterocycles. The summed E-state index contributed by atoms with van der Waals surface area (Å²) in [7, 11) is 0. The molecule has 26 heavy (non-hydrogen) atoms. The van der Waals surface area contributed by atoms with Gasteiger partial charge in [-0.25, -0.2) is 4.52 Å². The predicted octanol–water partition coefficient (Wildman–Crippen LogP) is 4.32. The van der Waals surface area contributed by atoms with Crippen LogP contribution in [-0.2, 0) is 0 Å². The Bertz CT molecular complexity index is 988. The molecule has 4 rings (SSSR count). The molecule has 0 spiro atoms. The lowest BCUT2D eigenvalue weighted by Crippen LogP contribution is -2.01. The Morgan fingerprint density at radius 2 is 1.58 bits per heavy atom. The summed E-state index contributed by atoms with van der Waals surface area (Å²) in [6.07, 6.45) is 1.84. The summed E-state index contributed by atoms with van der Waals surface area (Å²) in [6.45, 7) is 12.0. The van der Waals surface area contributed by atoms with Crippen molar-refractivity contribution in [1.29, 1.82) is 0 Å². The average molecular weight is 353 g/mol. The van der Waals surface area contributed by atoms with Gasteiger partial charge in [0.05, 0.1) is 0 Å². The van der Waals surface area contributed by atoms with Crippen molar-refractivity contribution in [2.24, 2.45) is 0 Å². The summed E-state index contributed by atoms with van der Waals surface area (Å²) < 4.78 is 1.63. The van der Waals surface area contributed by atoms with Crippen molar-refractivity contribution in [1.82, 2.24) is 25.0 Å². The lowest BCUT2D eigenvalue weighted by molar-refractivity contribution is 0.823. The number of rotatable bonds is 0. The van der Waals surface area contributed by atoms with Gasteiger partial charge in [-0.05, 0) is 65.6 Å². The molecule has 6 heteroatoms. The molecule has 0 aliphatic rings. The van der Waals surface area contributed by atoms with Gasteiger partial charge in [-0.1, -0.05) is 39.3 Å². The zero-order chi connectivity index (χ0) is 19.5. The third-order valence-electron chi connectivity index (χ3n) is 3.23. The van der Waals surface area contributed by atoms with Crippen LogP contribution < -0.4 is 5.56 Å². The Morgan fingerprint density at radius 3 is 2.31 bits per heavy atom. The number of hydrogen-bond acceptors (Lipinski definition) is 4. The van der Waals surface area contributed by atoms with E-state index in [0.29, 0.717) is 0 Å². The van der Waals surface area contributed by atoms with Gasteiger partial charge in [0.25, 0.3) is 0 Å². The summed E-state index contributed by atoms with van der Waals surface area (Å²) in [5, 5.41) is 12.1. The van der Waals surface area contributed by atoms with E-state index in [9.17, 15) is 4.79 Å². The molecule has 0 aliphatic heterocycles. The van der Waals surface area contributed by atoms with Crippen molar-refractivity contribution < 1.29 is 0 Å². The van der Waals surface area contributed by atoms with Crippen LogP contribution >= 0.6 is 0 Å². The second kappa shape index (κ2) is 10.8. The molecule has 0 bridgehead atoms. The van der Waals surface area contributed by atoms with Crippen LogP contribution in [0.2, 0.25) is 0 Å². The molecule has 0 aliphatic carbocycles. The normalized spacial score (nSPS) is 9.31. The number of H-pyrrole nitrogens is 1. The molecule has 1 N–H and O–H groups in total. The Kier molecular flexibility index (Phi) is 8.70. The number of benzene rings is 1. The quantitative estimate of drug-likeness (QED) is 0.511. The summed E-state index contributed by atoms with van der Waals surface area (Å²) in [5.41, 5.74) is 4.01. The van der Waals surface area contributed by atoms with Crippen LogP contribution in [0.15, 0.2) is 53.5 Å². The fourth-order valence-electron chi connectivity index (χ4n) is 2.12. The second-order valence-electron chi connectivity index (χ2n) is 5.10. The summed E-state index contributed by atoms with van der Waals surface area (Å²) >= 11 is 0. The van der Waals surface area contributed by atoms with E-state index in [-0.39, 0.29) is 5.56 Å². The van der Waals surface area contributed by atoms with Gasteiger partial charge in [-0.3, -0.25) is 4.79 Å². The topological polar surface area (TPSA) is 75.9 Å². The van der Waals surface area contributed by atoms with Gasteiger partial charge < -0.3 is 4.98 Å². The summed E-state index contributed by atoms with van der Waals surface area (Å²) in [6, 6.07) is 13.2. The van der Waals surface area contributed by atoms with E-state index in [1.165, 1.54) is 11.1 Å². The minimum atomic E-state index is -0.0497. The largest absolute Gasteiger partial charge is 0.322 e. The van der Waals surface area contributed by atoms with E-state index in [4.69, 9.17) is 0 Å². The van der Waals surface area contributed by atoms with Crippen molar-refractivity contribution >= 4 is 16.6 Å². The molecule has 3 aromatic heterocycles. The lowest BCUT2D eigenvalue weighted by Gasteiger charge is -1.97. The zero-order valence-electron chi connectivity index (χ0n) is 16.3. The molecular formula is C20H27N5O. The zero-order valence-corrected chi connectivity index (χ0v) is 16.3. The van der Waals surface area contributed by atoms with E-state index in [2.05, 4.69) is 20.5 Å². The molecule has 0 saturated carbocycles. The number of hydrogen-bond donors (Lipinski definition) is 1. The van der Waals surface area contributed by atoms with Crippen LogP contribution in [0.1, 0.15) is 38.8 Å². The molecule has 4 aromatic rings. The van der Waals surface area contributed by atoms with E-state index >= 15 is 0 Å². The fraction of sp³-hybridized carbons (Fsp3) is 0.300. The Labute approximate surface area is 153 Å². The van der Waals surface area contributed by atoms with Crippen LogP contribution in [0.3, 0.4) is 0 Å². The standard InChI is InChI=1S/C10H9NO.C6H6N4.2C2H6/c1-7-2-4-9-8(6-7)3-5-10(12)11-9;1-5-2-3-10-6(4-5)7-8-9-10;2*1-2/h2-6H,1H3,(H,11,12);2-4H,1H3;2*1-2H3. The molecule has 0 fully saturated rings. The molecule has 1 aromatic carbocycles. The van der Waals surface area contributed by atoms with Crippen LogP contribution in [0.4, 0.5) is 0 Å². The molecule has 0 radical (unpaired) electrons. The number of aromatic nitrogens is 5. The van der Waals surface area contributed by atoms with Crippen LogP contribution in [0.5, 0.6) is 0 Å². The van der Waals surface area contributed by atoms with E-state index in [1.54, 1.807) is 10.6 Å². The van der Waals surface area contributed by atoms with Crippen molar-refractivity contribution in [3.63, 3.8) is 0 Å². The Hall–Kier alpha value is -3.02. The summed E-state index contributed by atoms with van der Waals surface area (Å²) in [5.74, 6) is 0. The van der Waals surface area contributed by atoms with Crippen molar-refractivity contribution in [2.75, 3.05) is 0 Å². The Morgan fingerprint density at radius 1 is 0.885 bits per heavy atom. The number of aryl methyl sites for hydroxylation is 2. The lowest BCUT2D eigenvalue weighted by atomic mass is 10.1. The van der Waals surface area contributed by atoms with Crippen molar-refractivity contribution in [3.05, 3.63) is 70.1 Å². The van der Waals surface area contributed by atoms with E-state index in [0.717, 1.165) is 16.6 Å². The van der Waals surface area contributed by atoms with Gasteiger partial charge in [0, 0.05) is 17.8 Å². The number of tetrazole rings is 1. The third-order valence-corrected chi connectivity index (χ3v) is 3.23. The first-order valence-electron chi connectivity index (χ1n) is 8.86. The molecule has 0 unspecified atom stereocenters. The van der Waals surface area contributed by atoms with Gasteiger partial charge >= 0.3 is 0 Å². The van der Waals surface area contributed by atoms with Gasteiger partial charge in [0.2, 0.25) is 5.56 Å². The van der Waals surface area contributed by atoms with E-state index in [1.807, 2.05) is 84.1 Å². The van der Waals surface area contributed by atoms with Crippen LogP contribution in [0, 0.1) is 13.8 Å². The first-order chi connectivity index (χ1) is 12.6. The number of fused-ring (bicyclic) bond motifs is 2. The first-order valence-corrected chi connectivity index (χ1v) is 8.86. The number of pyridine rings is 2. The molecule has 0 saturated heterocycles. The highest BCUT2D eigenvalue weighted by Crippen LogP contribution is 2.10. The van der Waals surface area contributed by atoms with Crippen LogP contribution in [0.25, 0.3) is 16.6 Å². The second-order valence-corrected chi connectivity index (χ2v) is 5.10. The summed E-state index contributed by atoms with van der Waals surface area (Å²) in [4.78, 5) is 13.7. The minimum absolute atomic E-state index is 0.0497. The Balaban J connectivity index is 0.000000221. The van der Waals surface area contributed by atoms with Crippen LogP contribution in [-0.4, -0.2) is 25.0 Å². The van der Waals surface area contributed by atoms with Gasteiger partial charge in [0.15, 0.2) is 5.65 Å². The SMILES string of the molecule is CC.CC.Cc1ccc2[nH]c(=O)ccc2c1.Cc1ccn2nnnc2c1. The fourth-order valence-corrected chi connectivity index (χ4v) is 2.12. The minimum Gasteiger partial charge on any atom is -0.322 e. The smallest absolute Gasteiger partial charge is 0.248 e. The highest BCUT2D eigenvalue weighted by atomic mass is 16.1. The van der Waals surface area contributed by atoms with Gasteiger partial charge in [-0.2, -0.15) is 0 Å². The molecule has 0 amide bonds. The maximum Gasteiger partial charge on any atom is 0.248 e. The van der Waals surface area contributed by atoms with Gasteiger partial charge in [-0.15, -0.1) is 5.10 Å². The monoisotopic (exact) mass is 353 g/mol. The van der Waals surface area contributed by atoms with Gasteiger partial charge in [0.1, 0.15) is 0 Å². The molecule has 6 nitrogen and oxygen atoms in total. The average Bonchev–Trinajstić information content (AvgIpc) is 3.13. The van der Waals surface area contributed by atoms with E-state index < -0.39 is 0 Å². The first kappa shape index (κ1) is 21.0. The number of nitrogens with one attached hydrogen (secondary N) is 1. The highest BCUT2D eigenvalue weighted by molar-refractivity contribution is 5.78. The number of nitrogens with zero attached hydrogens (tertiary/aromatic N) is 4. The highest BCUT2D eigenvalue weighted by Gasteiger charge is 1.93. The predicted molar refractivity (Wildman–Crippen MR) is 108 cm³/mol. The number of aromatic amines is 1. The molecule has 138 valence electrons. The third kappa shape index (κ3) is 5.81. The molecule has 0 atom stereocenters.